The molecule has 3 rings (SSSR count). The van der Waals surface area contributed by atoms with Crippen LogP contribution in [0.4, 0.5) is 0 Å². The quantitative estimate of drug-likeness (QED) is 0.254. The van der Waals surface area contributed by atoms with Crippen LogP contribution >= 0.6 is 23.3 Å². The number of aromatic nitrogens is 1. The molecule has 7 nitrogen and oxygen atoms in total. The van der Waals surface area contributed by atoms with Gasteiger partial charge in [0.15, 0.2) is 0 Å². The lowest BCUT2D eigenvalue weighted by molar-refractivity contribution is 0.582. The molecule has 11 heteroatoms. The average molecular weight is 510 g/mol. The molecule has 0 spiro atoms. The summed E-state index contributed by atoms with van der Waals surface area (Å²) in [4.78, 5) is 3.89. The van der Waals surface area contributed by atoms with Crippen LogP contribution in [-0.4, -0.2) is 51.0 Å². The van der Waals surface area contributed by atoms with Gasteiger partial charge in [-0.3, -0.25) is 4.99 Å². The number of benzene rings is 2. The number of rotatable bonds is 10. The summed E-state index contributed by atoms with van der Waals surface area (Å²) < 4.78 is 56.3. The Kier molecular flexibility index (Phi) is 8.46. The molecule has 0 aliphatic heterocycles. The summed E-state index contributed by atoms with van der Waals surface area (Å²) >= 11 is 3.00. The van der Waals surface area contributed by atoms with E-state index in [0.29, 0.717) is 12.3 Å². The SMILES string of the molecule is CN=C(NCCSCc1ccsn1)C(S(=O)(=O)c1ccccc1)S(=O)(=O)c1ccccc1. The van der Waals surface area contributed by atoms with E-state index in [4.69, 9.17) is 0 Å². The molecule has 32 heavy (non-hydrogen) atoms. The number of thioether (sulfide) groups is 1. The van der Waals surface area contributed by atoms with Crippen molar-refractivity contribution in [1.82, 2.24) is 9.69 Å². The first kappa shape index (κ1) is 24.4. The molecule has 0 saturated carbocycles. The predicted octanol–water partition coefficient (Wildman–Crippen LogP) is 3.27. The Balaban J connectivity index is 1.87. The van der Waals surface area contributed by atoms with Gasteiger partial charge in [0.1, 0.15) is 5.84 Å². The standard InChI is InChI=1S/C21H23N3O4S4/c1-22-20(23-13-15-29-16-17-12-14-30-24-17)21(31(25,26)18-8-4-2-5-9-18)32(27,28)19-10-6-3-7-11-19/h2-12,14,21H,13,15-16H2,1H3,(H,22,23). The molecule has 1 heterocycles. The molecule has 3 aromatic rings. The smallest absolute Gasteiger partial charge is 0.228 e. The Labute approximate surface area is 197 Å². The number of hydrogen-bond acceptors (Lipinski definition) is 8. The van der Waals surface area contributed by atoms with E-state index in [1.54, 1.807) is 48.2 Å². The van der Waals surface area contributed by atoms with E-state index in [9.17, 15) is 16.8 Å². The van der Waals surface area contributed by atoms with Crippen molar-refractivity contribution >= 4 is 48.8 Å². The molecule has 0 atom stereocenters. The van der Waals surface area contributed by atoms with Gasteiger partial charge in [0.25, 0.3) is 0 Å². The molecule has 0 saturated heterocycles. The molecule has 2 aromatic carbocycles. The number of nitrogens with zero attached hydrogens (tertiary/aromatic N) is 2. The topological polar surface area (TPSA) is 106 Å². The van der Waals surface area contributed by atoms with Gasteiger partial charge in [0.2, 0.25) is 24.3 Å². The van der Waals surface area contributed by atoms with E-state index in [2.05, 4.69) is 14.7 Å². The summed E-state index contributed by atoms with van der Waals surface area (Å²) in [6.07, 6.45) is 0. The van der Waals surface area contributed by atoms with E-state index >= 15 is 0 Å². The number of amidine groups is 1. The van der Waals surface area contributed by atoms with Crippen molar-refractivity contribution in [2.24, 2.45) is 4.99 Å². The third-order valence-electron chi connectivity index (χ3n) is 4.47. The molecular weight excluding hydrogens is 487 g/mol. The first-order chi connectivity index (χ1) is 15.4. The molecule has 0 radical (unpaired) electrons. The Hall–Kier alpha value is -2.21. The summed E-state index contributed by atoms with van der Waals surface area (Å²) in [7, 11) is -7.20. The zero-order valence-corrected chi connectivity index (χ0v) is 20.6. The maximum absolute atomic E-state index is 13.5. The fourth-order valence-electron chi connectivity index (χ4n) is 2.94. The third kappa shape index (κ3) is 5.77. The number of sulfone groups is 2. The zero-order chi connectivity index (χ0) is 23.0. The van der Waals surface area contributed by atoms with Gasteiger partial charge in [-0.2, -0.15) is 16.1 Å². The van der Waals surface area contributed by atoms with Crippen molar-refractivity contribution < 1.29 is 16.8 Å². The minimum absolute atomic E-state index is 0.0784. The van der Waals surface area contributed by atoms with Gasteiger partial charge < -0.3 is 5.32 Å². The maximum Gasteiger partial charge on any atom is 0.228 e. The second-order valence-electron chi connectivity index (χ2n) is 6.63. The highest BCUT2D eigenvalue weighted by Crippen LogP contribution is 2.26. The highest BCUT2D eigenvalue weighted by molar-refractivity contribution is 8.10. The monoisotopic (exact) mass is 509 g/mol. The molecule has 0 unspecified atom stereocenters. The third-order valence-corrected chi connectivity index (χ3v) is 11.0. The minimum atomic E-state index is -4.29. The van der Waals surface area contributed by atoms with E-state index in [1.807, 2.05) is 11.4 Å². The number of hydrogen-bond donors (Lipinski definition) is 1. The molecule has 0 amide bonds. The van der Waals surface area contributed by atoms with Crippen LogP contribution in [0.2, 0.25) is 0 Å². The maximum atomic E-state index is 13.5. The van der Waals surface area contributed by atoms with Crippen LogP contribution in [0.25, 0.3) is 0 Å². The van der Waals surface area contributed by atoms with Crippen molar-refractivity contribution in [3.8, 4) is 0 Å². The van der Waals surface area contributed by atoms with Gasteiger partial charge >= 0.3 is 0 Å². The van der Waals surface area contributed by atoms with Crippen LogP contribution < -0.4 is 5.32 Å². The minimum Gasteiger partial charge on any atom is -0.371 e. The van der Waals surface area contributed by atoms with Gasteiger partial charge in [-0.05, 0) is 41.9 Å². The number of aliphatic imine (C=N–C) groups is 1. The van der Waals surface area contributed by atoms with Gasteiger partial charge in [-0.15, -0.1) is 0 Å². The lowest BCUT2D eigenvalue weighted by Crippen LogP contribution is -2.45. The Bertz CT molecular complexity index is 1160. The predicted molar refractivity (Wildman–Crippen MR) is 131 cm³/mol. The van der Waals surface area contributed by atoms with Crippen LogP contribution in [0.15, 0.2) is 86.9 Å². The molecular formula is C21H23N3O4S4. The molecule has 0 aliphatic rings. The first-order valence-electron chi connectivity index (χ1n) is 9.63. The Morgan fingerprint density at radius 1 is 0.969 bits per heavy atom. The summed E-state index contributed by atoms with van der Waals surface area (Å²) in [5.41, 5.74) is 0.973. The van der Waals surface area contributed by atoms with Crippen molar-refractivity contribution in [2.45, 2.75) is 20.1 Å². The highest BCUT2D eigenvalue weighted by atomic mass is 32.3. The van der Waals surface area contributed by atoms with Crippen LogP contribution in [0, 0.1) is 0 Å². The fraction of sp³-hybridized carbons (Fsp3) is 0.238. The second kappa shape index (κ2) is 11.1. The Morgan fingerprint density at radius 3 is 2.00 bits per heavy atom. The van der Waals surface area contributed by atoms with E-state index < -0.39 is 24.3 Å². The zero-order valence-electron chi connectivity index (χ0n) is 17.3. The molecule has 0 fully saturated rings. The van der Waals surface area contributed by atoms with Gasteiger partial charge in [-0.25, -0.2) is 16.8 Å². The van der Waals surface area contributed by atoms with Gasteiger partial charge in [0.05, 0.1) is 15.5 Å². The van der Waals surface area contributed by atoms with E-state index in [1.165, 1.54) is 42.8 Å². The lowest BCUT2D eigenvalue weighted by atomic mass is 10.4. The molecule has 0 bridgehead atoms. The second-order valence-corrected chi connectivity index (χ2v) is 12.8. The lowest BCUT2D eigenvalue weighted by Gasteiger charge is -2.21. The van der Waals surface area contributed by atoms with Crippen molar-refractivity contribution in [3.63, 3.8) is 0 Å². The van der Waals surface area contributed by atoms with E-state index in [0.717, 1.165) is 11.4 Å². The van der Waals surface area contributed by atoms with Crippen LogP contribution in [0.1, 0.15) is 5.69 Å². The van der Waals surface area contributed by atoms with Gasteiger partial charge in [0, 0.05) is 30.5 Å². The largest absolute Gasteiger partial charge is 0.371 e. The molecule has 170 valence electrons. The summed E-state index contributed by atoms with van der Waals surface area (Å²) in [6, 6.07) is 17.1. The number of nitrogens with one attached hydrogen (secondary N) is 1. The Morgan fingerprint density at radius 2 is 1.53 bits per heavy atom. The molecule has 0 aliphatic carbocycles. The van der Waals surface area contributed by atoms with Crippen LogP contribution in [-0.2, 0) is 25.4 Å². The van der Waals surface area contributed by atoms with Crippen molar-refractivity contribution in [3.05, 3.63) is 77.8 Å². The summed E-state index contributed by atoms with van der Waals surface area (Å²) in [6.45, 7) is 0.354. The molecule has 1 aromatic heterocycles. The average Bonchev–Trinajstić information content (AvgIpc) is 3.32. The fourth-order valence-corrected chi connectivity index (χ4v) is 8.85. The van der Waals surface area contributed by atoms with Gasteiger partial charge in [-0.1, -0.05) is 36.4 Å². The molecule has 1 N–H and O–H groups in total. The normalized spacial score (nSPS) is 12.8. The highest BCUT2D eigenvalue weighted by Gasteiger charge is 2.43. The van der Waals surface area contributed by atoms with E-state index in [-0.39, 0.29) is 15.6 Å². The van der Waals surface area contributed by atoms with Crippen molar-refractivity contribution in [1.29, 1.82) is 0 Å². The van der Waals surface area contributed by atoms with Crippen molar-refractivity contribution in [2.75, 3.05) is 19.3 Å². The van der Waals surface area contributed by atoms with Crippen LogP contribution in [0.3, 0.4) is 0 Å². The van der Waals surface area contributed by atoms with Crippen LogP contribution in [0.5, 0.6) is 0 Å². The summed E-state index contributed by atoms with van der Waals surface area (Å²) in [5.74, 6) is 1.24. The first-order valence-corrected chi connectivity index (χ1v) is 14.7. The summed E-state index contributed by atoms with van der Waals surface area (Å²) in [5, 5.41) is 4.86.